The maximum Gasteiger partial charge on any atom is 0.417 e. The minimum Gasteiger partial charge on any atom is -0.306 e. The number of imidazole rings is 1. The fraction of sp³-hybridized carbons (Fsp3) is 0.222. The molecule has 0 saturated heterocycles. The summed E-state index contributed by atoms with van der Waals surface area (Å²) in [6.07, 6.45) is -1.33. The van der Waals surface area contributed by atoms with E-state index in [2.05, 4.69) is 20.9 Å². The molecule has 0 bridgehead atoms. The number of aromatic nitrogens is 2. The standard InChI is InChI=1S/C9H6BrF3N2/c1-5-3-15-4-7(10)6(9(11,12)13)2-8(15)14-5/h2-4H,1H3. The van der Waals surface area contributed by atoms with E-state index in [9.17, 15) is 13.2 Å². The summed E-state index contributed by atoms with van der Waals surface area (Å²) in [6.45, 7) is 1.73. The zero-order valence-electron chi connectivity index (χ0n) is 7.64. The molecule has 2 aromatic heterocycles. The molecule has 0 N–H and O–H groups in total. The molecule has 0 unspecified atom stereocenters. The van der Waals surface area contributed by atoms with Gasteiger partial charge >= 0.3 is 6.18 Å². The number of nitrogens with zero attached hydrogens (tertiary/aromatic N) is 2. The van der Waals surface area contributed by atoms with Gasteiger partial charge in [0.25, 0.3) is 0 Å². The first-order chi connectivity index (χ1) is 6.88. The Hall–Kier alpha value is -1.04. The minimum atomic E-state index is -4.36. The topological polar surface area (TPSA) is 17.3 Å². The summed E-state index contributed by atoms with van der Waals surface area (Å²) in [6, 6.07) is 1.02. The Bertz CT molecular complexity index is 516. The highest BCUT2D eigenvalue weighted by molar-refractivity contribution is 9.10. The van der Waals surface area contributed by atoms with E-state index >= 15 is 0 Å². The summed E-state index contributed by atoms with van der Waals surface area (Å²) < 4.78 is 39.1. The van der Waals surface area contributed by atoms with Crippen molar-refractivity contribution in [3.8, 4) is 0 Å². The summed E-state index contributed by atoms with van der Waals surface area (Å²) in [5.41, 5.74) is 0.268. The molecule has 0 aromatic carbocycles. The van der Waals surface area contributed by atoms with Gasteiger partial charge in [-0.05, 0) is 28.9 Å². The van der Waals surface area contributed by atoms with Gasteiger partial charge in [0, 0.05) is 16.9 Å². The van der Waals surface area contributed by atoms with Gasteiger partial charge in [-0.3, -0.25) is 0 Å². The number of halogens is 4. The second-order valence-corrected chi connectivity index (χ2v) is 4.03. The van der Waals surface area contributed by atoms with Crippen LogP contribution in [0.1, 0.15) is 11.3 Å². The fourth-order valence-electron chi connectivity index (χ4n) is 1.35. The Kier molecular flexibility index (Phi) is 2.26. The Morgan fingerprint density at radius 2 is 2.00 bits per heavy atom. The molecule has 80 valence electrons. The van der Waals surface area contributed by atoms with Crippen molar-refractivity contribution in [3.05, 3.63) is 34.2 Å². The van der Waals surface area contributed by atoms with E-state index in [1.54, 1.807) is 17.5 Å². The average Bonchev–Trinajstić information content (AvgIpc) is 2.40. The number of fused-ring (bicyclic) bond motifs is 1. The second kappa shape index (κ2) is 3.23. The van der Waals surface area contributed by atoms with E-state index in [1.165, 1.54) is 6.20 Å². The number of pyridine rings is 1. The van der Waals surface area contributed by atoms with Gasteiger partial charge in [-0.1, -0.05) is 0 Å². The van der Waals surface area contributed by atoms with Crippen LogP contribution in [-0.2, 0) is 6.18 Å². The molecular formula is C9H6BrF3N2. The van der Waals surface area contributed by atoms with Gasteiger partial charge in [0.2, 0.25) is 0 Å². The van der Waals surface area contributed by atoms with E-state index in [4.69, 9.17) is 0 Å². The van der Waals surface area contributed by atoms with Crippen molar-refractivity contribution in [2.24, 2.45) is 0 Å². The third-order valence-corrected chi connectivity index (χ3v) is 2.60. The molecule has 0 aliphatic heterocycles. The van der Waals surface area contributed by atoms with Crippen molar-refractivity contribution in [1.29, 1.82) is 0 Å². The molecule has 0 amide bonds. The van der Waals surface area contributed by atoms with Crippen molar-refractivity contribution in [1.82, 2.24) is 9.38 Å². The summed E-state index contributed by atoms with van der Waals surface area (Å²) >= 11 is 2.89. The highest BCUT2D eigenvalue weighted by Crippen LogP contribution is 2.35. The molecule has 2 rings (SSSR count). The molecule has 2 heterocycles. The lowest BCUT2D eigenvalue weighted by atomic mass is 10.2. The number of hydrogen-bond donors (Lipinski definition) is 0. The minimum absolute atomic E-state index is 0.0138. The monoisotopic (exact) mass is 278 g/mol. The maximum atomic E-state index is 12.5. The molecule has 0 aliphatic carbocycles. The molecule has 2 aromatic rings. The molecule has 0 radical (unpaired) electrons. The van der Waals surface area contributed by atoms with Crippen molar-refractivity contribution in [3.63, 3.8) is 0 Å². The Morgan fingerprint density at radius 1 is 1.33 bits per heavy atom. The first kappa shape index (κ1) is 10.5. The molecule has 0 atom stereocenters. The largest absolute Gasteiger partial charge is 0.417 e. The molecule has 0 fully saturated rings. The normalized spacial score (nSPS) is 12.3. The quantitative estimate of drug-likeness (QED) is 0.722. The molecule has 6 heteroatoms. The lowest BCUT2D eigenvalue weighted by molar-refractivity contribution is -0.138. The number of hydrogen-bond acceptors (Lipinski definition) is 1. The number of alkyl halides is 3. The Labute approximate surface area is 91.9 Å². The van der Waals surface area contributed by atoms with Crippen LogP contribution in [0.3, 0.4) is 0 Å². The van der Waals surface area contributed by atoms with Gasteiger partial charge < -0.3 is 4.40 Å². The van der Waals surface area contributed by atoms with Crippen LogP contribution in [0.4, 0.5) is 13.2 Å². The molecule has 0 aliphatic rings. The second-order valence-electron chi connectivity index (χ2n) is 3.18. The molecule has 2 nitrogen and oxygen atoms in total. The lowest BCUT2D eigenvalue weighted by Gasteiger charge is -2.08. The smallest absolute Gasteiger partial charge is 0.306 e. The van der Waals surface area contributed by atoms with Gasteiger partial charge in [-0.2, -0.15) is 13.2 Å². The fourth-order valence-corrected chi connectivity index (χ4v) is 1.91. The van der Waals surface area contributed by atoms with Crippen molar-refractivity contribution < 1.29 is 13.2 Å². The third-order valence-electron chi connectivity index (χ3n) is 1.97. The zero-order chi connectivity index (χ0) is 11.2. The first-order valence-corrected chi connectivity index (χ1v) is 4.89. The van der Waals surface area contributed by atoms with Crippen molar-refractivity contribution >= 4 is 21.6 Å². The van der Waals surface area contributed by atoms with Crippen molar-refractivity contribution in [2.45, 2.75) is 13.1 Å². The Morgan fingerprint density at radius 3 is 2.60 bits per heavy atom. The summed E-state index contributed by atoms with van der Waals surface area (Å²) in [5.74, 6) is 0. The molecule has 0 spiro atoms. The van der Waals surface area contributed by atoms with Crippen LogP contribution < -0.4 is 0 Å². The predicted octanol–water partition coefficient (Wildman–Crippen LogP) is 3.42. The molecule has 0 saturated carbocycles. The highest BCUT2D eigenvalue weighted by atomic mass is 79.9. The lowest BCUT2D eigenvalue weighted by Crippen LogP contribution is -2.06. The molecule has 15 heavy (non-hydrogen) atoms. The summed E-state index contributed by atoms with van der Waals surface area (Å²) in [7, 11) is 0. The zero-order valence-corrected chi connectivity index (χ0v) is 9.22. The van der Waals surface area contributed by atoms with E-state index in [0.29, 0.717) is 11.3 Å². The SMILES string of the molecule is Cc1cn2cc(Br)c(C(F)(F)F)cc2n1. The summed E-state index contributed by atoms with van der Waals surface area (Å²) in [5, 5.41) is 0. The first-order valence-electron chi connectivity index (χ1n) is 4.10. The predicted molar refractivity (Wildman–Crippen MR) is 52.6 cm³/mol. The van der Waals surface area contributed by atoms with E-state index in [1.807, 2.05) is 0 Å². The van der Waals surface area contributed by atoms with E-state index < -0.39 is 11.7 Å². The number of rotatable bonds is 0. The maximum absolute atomic E-state index is 12.5. The third kappa shape index (κ3) is 1.86. The van der Waals surface area contributed by atoms with Crippen LogP contribution in [-0.4, -0.2) is 9.38 Å². The highest BCUT2D eigenvalue weighted by Gasteiger charge is 2.33. The van der Waals surface area contributed by atoms with Gasteiger partial charge in [0.1, 0.15) is 5.65 Å². The number of aryl methyl sites for hydroxylation is 1. The Balaban J connectivity index is 2.72. The van der Waals surface area contributed by atoms with Crippen LogP contribution in [0.25, 0.3) is 5.65 Å². The van der Waals surface area contributed by atoms with Crippen LogP contribution in [0.2, 0.25) is 0 Å². The average molecular weight is 279 g/mol. The van der Waals surface area contributed by atoms with Crippen molar-refractivity contribution in [2.75, 3.05) is 0 Å². The van der Waals surface area contributed by atoms with Gasteiger partial charge in [-0.15, -0.1) is 0 Å². The van der Waals surface area contributed by atoms with Crippen LogP contribution in [0.15, 0.2) is 22.9 Å². The van der Waals surface area contributed by atoms with Gasteiger partial charge in [0.15, 0.2) is 0 Å². The van der Waals surface area contributed by atoms with Crippen LogP contribution >= 0.6 is 15.9 Å². The summed E-state index contributed by atoms with van der Waals surface area (Å²) in [4.78, 5) is 3.97. The van der Waals surface area contributed by atoms with Crippen LogP contribution in [0.5, 0.6) is 0 Å². The van der Waals surface area contributed by atoms with Gasteiger partial charge in [-0.25, -0.2) is 4.98 Å². The van der Waals surface area contributed by atoms with E-state index in [0.717, 1.165) is 6.07 Å². The van der Waals surface area contributed by atoms with E-state index in [-0.39, 0.29) is 4.47 Å². The van der Waals surface area contributed by atoms with Crippen LogP contribution in [0, 0.1) is 6.92 Å². The molecular weight excluding hydrogens is 273 g/mol. The van der Waals surface area contributed by atoms with Gasteiger partial charge in [0.05, 0.1) is 11.3 Å².